The summed E-state index contributed by atoms with van der Waals surface area (Å²) < 4.78 is 1.86. The van der Waals surface area contributed by atoms with Crippen LogP contribution in [0.4, 0.5) is 5.69 Å². The van der Waals surface area contributed by atoms with Gasteiger partial charge in [-0.05, 0) is 43.3 Å². The van der Waals surface area contributed by atoms with Crippen molar-refractivity contribution in [3.63, 3.8) is 0 Å². The number of likely N-dealkylation sites (N-methyl/N-ethyl adjacent to an activating group) is 2. The molecule has 4 rings (SSSR count). The number of benzene rings is 1. The lowest BCUT2D eigenvalue weighted by Gasteiger charge is -2.22. The number of nitrogens with one attached hydrogen (secondary N) is 2. The Morgan fingerprint density at radius 3 is 2.79 bits per heavy atom. The van der Waals surface area contributed by atoms with Crippen LogP contribution in [0.2, 0.25) is 0 Å². The maximum Gasteiger partial charge on any atom is 0.255 e. The number of carbonyl (C=O) groups excluding carboxylic acids is 3. The molecular formula is C24H28N6O3. The van der Waals surface area contributed by atoms with Crippen molar-refractivity contribution in [2.75, 3.05) is 32.5 Å². The molecule has 0 radical (unpaired) electrons. The van der Waals surface area contributed by atoms with Crippen LogP contribution >= 0.6 is 0 Å². The Labute approximate surface area is 192 Å². The lowest BCUT2D eigenvalue weighted by molar-refractivity contribution is -0.115. The van der Waals surface area contributed by atoms with Gasteiger partial charge in [0.2, 0.25) is 5.91 Å². The van der Waals surface area contributed by atoms with Gasteiger partial charge in [0.1, 0.15) is 0 Å². The molecule has 3 heterocycles. The van der Waals surface area contributed by atoms with Crippen molar-refractivity contribution in [2.45, 2.75) is 19.9 Å². The van der Waals surface area contributed by atoms with E-state index in [-0.39, 0.29) is 11.8 Å². The van der Waals surface area contributed by atoms with Gasteiger partial charge < -0.3 is 15.2 Å². The number of hydrogen-bond acceptors (Lipinski definition) is 5. The summed E-state index contributed by atoms with van der Waals surface area (Å²) in [6.07, 6.45) is 2.92. The van der Waals surface area contributed by atoms with Crippen molar-refractivity contribution < 1.29 is 14.4 Å². The van der Waals surface area contributed by atoms with Crippen molar-refractivity contribution in [1.29, 1.82) is 0 Å². The molecule has 1 aromatic carbocycles. The number of carbonyl (C=O) groups is 3. The van der Waals surface area contributed by atoms with Gasteiger partial charge in [0.25, 0.3) is 5.91 Å². The Morgan fingerprint density at radius 1 is 1.24 bits per heavy atom. The highest BCUT2D eigenvalue weighted by molar-refractivity contribution is 6.01. The molecule has 2 N–H and O–H groups in total. The van der Waals surface area contributed by atoms with E-state index >= 15 is 0 Å². The topological polar surface area (TPSA) is 103 Å². The van der Waals surface area contributed by atoms with Crippen LogP contribution in [0.25, 0.3) is 11.1 Å². The molecule has 0 saturated carbocycles. The molecule has 2 amide bonds. The second kappa shape index (κ2) is 9.03. The molecule has 9 nitrogen and oxygen atoms in total. The summed E-state index contributed by atoms with van der Waals surface area (Å²) in [6.45, 7) is 3.62. The maximum absolute atomic E-state index is 12.8. The van der Waals surface area contributed by atoms with Crippen LogP contribution in [0.3, 0.4) is 0 Å². The molecular weight excluding hydrogens is 420 g/mol. The quantitative estimate of drug-likeness (QED) is 0.515. The van der Waals surface area contributed by atoms with Crippen LogP contribution < -0.4 is 5.32 Å². The van der Waals surface area contributed by atoms with Crippen molar-refractivity contribution in [1.82, 2.24) is 24.6 Å². The lowest BCUT2D eigenvalue weighted by Crippen LogP contribution is -2.35. The monoisotopic (exact) mass is 448 g/mol. The zero-order chi connectivity index (χ0) is 23.7. The number of nitrogens with zero attached hydrogens (tertiary/aromatic N) is 4. The minimum Gasteiger partial charge on any atom is -0.356 e. The normalized spacial score (nSPS) is 12.7. The molecule has 0 bridgehead atoms. The molecule has 0 spiro atoms. The largest absolute Gasteiger partial charge is 0.356 e. The molecule has 1 aliphatic rings. The number of aromatic nitrogens is 3. The highest BCUT2D eigenvalue weighted by atomic mass is 16.2. The van der Waals surface area contributed by atoms with E-state index in [1.54, 1.807) is 18.0 Å². The van der Waals surface area contributed by atoms with Gasteiger partial charge in [0, 0.05) is 50.7 Å². The second-order valence-electron chi connectivity index (χ2n) is 8.59. The van der Waals surface area contributed by atoms with Crippen LogP contribution in [0.1, 0.15) is 37.8 Å². The van der Waals surface area contributed by atoms with Gasteiger partial charge in [0.05, 0.1) is 29.6 Å². The third-order valence-electron chi connectivity index (χ3n) is 6.02. The number of amides is 2. The molecule has 3 aromatic rings. The summed E-state index contributed by atoms with van der Waals surface area (Å²) in [6, 6.07) is 7.69. The second-order valence-corrected chi connectivity index (χ2v) is 8.59. The summed E-state index contributed by atoms with van der Waals surface area (Å²) in [5.41, 5.74) is 6.45. The Balaban J connectivity index is 1.42. The van der Waals surface area contributed by atoms with Gasteiger partial charge in [-0.15, -0.1) is 0 Å². The molecule has 0 saturated heterocycles. The summed E-state index contributed by atoms with van der Waals surface area (Å²) in [5.74, 6) is -0.167. The van der Waals surface area contributed by atoms with Crippen LogP contribution in [-0.4, -0.2) is 69.8 Å². The Kier molecular flexibility index (Phi) is 6.15. The fourth-order valence-corrected chi connectivity index (χ4v) is 4.13. The molecule has 172 valence electrons. The average Bonchev–Trinajstić information content (AvgIpc) is 3.46. The van der Waals surface area contributed by atoms with E-state index in [1.165, 1.54) is 0 Å². The number of anilines is 1. The summed E-state index contributed by atoms with van der Waals surface area (Å²) >= 11 is 0. The van der Waals surface area contributed by atoms with Crippen LogP contribution in [0.15, 0.2) is 30.5 Å². The van der Waals surface area contributed by atoms with E-state index in [4.69, 9.17) is 0 Å². The first-order chi connectivity index (χ1) is 15.8. The Morgan fingerprint density at radius 2 is 2.03 bits per heavy atom. The molecule has 33 heavy (non-hydrogen) atoms. The van der Waals surface area contributed by atoms with Crippen molar-refractivity contribution >= 4 is 23.8 Å². The smallest absolute Gasteiger partial charge is 0.255 e. The first kappa shape index (κ1) is 22.5. The zero-order valence-corrected chi connectivity index (χ0v) is 19.3. The number of rotatable bonds is 8. The van der Waals surface area contributed by atoms with Crippen molar-refractivity contribution in [2.24, 2.45) is 7.05 Å². The standard InChI is InChI=1S/C24H28N6O3/c1-15-9-18(21(14-31)26-15)24(33)29(3)8-7-28(2)13-22-19(12-25-30(22)4)16-5-6-20-17(10-16)11-23(32)27-20/h5-6,9-10,12,14,26H,7-8,11,13H2,1-4H3,(H,27,32). The van der Waals surface area contributed by atoms with Crippen molar-refractivity contribution in [3.8, 4) is 11.1 Å². The van der Waals surface area contributed by atoms with Gasteiger partial charge in [-0.25, -0.2) is 0 Å². The van der Waals surface area contributed by atoms with E-state index in [1.807, 2.05) is 50.1 Å². The van der Waals surface area contributed by atoms with E-state index < -0.39 is 0 Å². The molecule has 0 atom stereocenters. The Hall–Kier alpha value is -3.72. The number of hydrogen-bond donors (Lipinski definition) is 2. The highest BCUT2D eigenvalue weighted by Crippen LogP contribution is 2.31. The lowest BCUT2D eigenvalue weighted by atomic mass is 10.0. The minimum absolute atomic E-state index is 0.0158. The van der Waals surface area contributed by atoms with Crippen molar-refractivity contribution in [3.05, 3.63) is 58.7 Å². The highest BCUT2D eigenvalue weighted by Gasteiger charge is 2.21. The van der Waals surface area contributed by atoms with Gasteiger partial charge >= 0.3 is 0 Å². The predicted octanol–water partition coefficient (Wildman–Crippen LogP) is 2.23. The summed E-state index contributed by atoms with van der Waals surface area (Å²) in [5, 5.41) is 7.31. The summed E-state index contributed by atoms with van der Waals surface area (Å²) in [7, 11) is 5.65. The number of aromatic amines is 1. The molecule has 0 fully saturated rings. The molecule has 0 unspecified atom stereocenters. The third-order valence-corrected chi connectivity index (χ3v) is 6.02. The van der Waals surface area contributed by atoms with Crippen LogP contribution in [0.5, 0.6) is 0 Å². The zero-order valence-electron chi connectivity index (χ0n) is 19.3. The third kappa shape index (κ3) is 4.58. The Bertz CT molecular complexity index is 1230. The van der Waals surface area contributed by atoms with Gasteiger partial charge in [-0.3, -0.25) is 24.0 Å². The molecule has 0 aliphatic carbocycles. The number of aldehydes is 1. The molecule has 1 aliphatic heterocycles. The van der Waals surface area contributed by atoms with E-state index in [2.05, 4.69) is 20.3 Å². The first-order valence-corrected chi connectivity index (χ1v) is 10.8. The molecule has 2 aromatic heterocycles. The summed E-state index contributed by atoms with van der Waals surface area (Å²) in [4.78, 5) is 42.3. The number of fused-ring (bicyclic) bond motifs is 1. The van der Waals surface area contributed by atoms with E-state index in [0.717, 1.165) is 33.8 Å². The molecule has 9 heteroatoms. The minimum atomic E-state index is -0.183. The fourth-order valence-electron chi connectivity index (χ4n) is 4.13. The number of aryl methyl sites for hydroxylation is 2. The first-order valence-electron chi connectivity index (χ1n) is 10.8. The van der Waals surface area contributed by atoms with Crippen LogP contribution in [0, 0.1) is 6.92 Å². The number of H-pyrrole nitrogens is 1. The SMILES string of the molecule is Cc1cc(C(=O)N(C)CCN(C)Cc2c(-c3ccc4c(c3)CC(=O)N4)cnn2C)c(C=O)[nH]1. The average molecular weight is 449 g/mol. The van der Waals surface area contributed by atoms with Gasteiger partial charge in [-0.2, -0.15) is 5.10 Å². The van der Waals surface area contributed by atoms with E-state index in [9.17, 15) is 14.4 Å². The van der Waals surface area contributed by atoms with Gasteiger partial charge in [-0.1, -0.05) is 6.07 Å². The maximum atomic E-state index is 12.8. The fraction of sp³-hybridized carbons (Fsp3) is 0.333. The van der Waals surface area contributed by atoms with Crippen LogP contribution in [-0.2, 0) is 24.8 Å². The predicted molar refractivity (Wildman–Crippen MR) is 125 cm³/mol. The van der Waals surface area contributed by atoms with Gasteiger partial charge in [0.15, 0.2) is 6.29 Å². The van der Waals surface area contributed by atoms with E-state index in [0.29, 0.717) is 43.6 Å².